The van der Waals surface area contributed by atoms with Crippen LogP contribution in [0.1, 0.15) is 30.8 Å². The number of halogens is 3. The van der Waals surface area contributed by atoms with Crippen molar-refractivity contribution in [2.24, 2.45) is 5.10 Å². The Kier molecular flexibility index (Phi) is 7.97. The zero-order valence-corrected chi connectivity index (χ0v) is 22.3. The van der Waals surface area contributed by atoms with Crippen LogP contribution in [0.15, 0.2) is 73.4 Å². The highest BCUT2D eigenvalue weighted by molar-refractivity contribution is 9.10. The molecule has 0 atom stereocenters. The van der Waals surface area contributed by atoms with Gasteiger partial charge in [0.2, 0.25) is 0 Å². The zero-order valence-electron chi connectivity index (χ0n) is 19.1. The molecule has 4 aromatic rings. The third-order valence-electron chi connectivity index (χ3n) is 5.18. The minimum Gasteiger partial charge on any atom is -0.490 e. The van der Waals surface area contributed by atoms with Crippen molar-refractivity contribution in [1.29, 1.82) is 0 Å². The van der Waals surface area contributed by atoms with Gasteiger partial charge in [-0.2, -0.15) is 9.78 Å². The monoisotopic (exact) mass is 601 g/mol. The highest BCUT2D eigenvalue weighted by Gasteiger charge is 2.14. The fourth-order valence-corrected chi connectivity index (χ4v) is 4.43. The Morgan fingerprint density at radius 3 is 2.63 bits per heavy atom. The van der Waals surface area contributed by atoms with E-state index in [1.807, 2.05) is 19.9 Å². The Balaban J connectivity index is 1.69. The average molecular weight is 603 g/mol. The summed E-state index contributed by atoms with van der Waals surface area (Å²) >= 11 is 6.93. The summed E-state index contributed by atoms with van der Waals surface area (Å²) in [6.07, 6.45) is 2.11. The lowest BCUT2D eigenvalue weighted by molar-refractivity contribution is 0.264. The Morgan fingerprint density at radius 1 is 1.09 bits per heavy atom. The van der Waals surface area contributed by atoms with E-state index in [0.717, 1.165) is 4.47 Å². The summed E-state index contributed by atoms with van der Waals surface area (Å²) in [7, 11) is 0. The first-order valence-electron chi connectivity index (χ1n) is 11.0. The number of hydrogen-bond acceptors (Lipinski definition) is 5. The third kappa shape index (κ3) is 5.62. The van der Waals surface area contributed by atoms with Crippen LogP contribution in [-0.4, -0.2) is 22.5 Å². The number of ether oxygens (including phenoxy) is 2. The molecule has 3 aromatic carbocycles. The lowest BCUT2D eigenvalue weighted by atomic mass is 10.2. The lowest BCUT2D eigenvalue weighted by Gasteiger charge is -2.15. The molecule has 0 saturated carbocycles. The van der Waals surface area contributed by atoms with Crippen molar-refractivity contribution in [3.63, 3.8) is 0 Å². The molecular formula is C26H22Br2FN3O3. The molecule has 0 spiro atoms. The van der Waals surface area contributed by atoms with E-state index in [-0.39, 0.29) is 18.0 Å². The summed E-state index contributed by atoms with van der Waals surface area (Å²) in [4.78, 5) is 17.7. The summed E-state index contributed by atoms with van der Waals surface area (Å²) < 4.78 is 28.4. The second-order valence-corrected chi connectivity index (χ2v) is 9.32. The molecule has 9 heteroatoms. The van der Waals surface area contributed by atoms with Crippen molar-refractivity contribution < 1.29 is 13.9 Å². The number of aryl methyl sites for hydroxylation is 1. The second-order valence-electron chi connectivity index (χ2n) is 7.55. The van der Waals surface area contributed by atoms with E-state index < -0.39 is 0 Å². The molecule has 0 aliphatic heterocycles. The van der Waals surface area contributed by atoms with Gasteiger partial charge in [0.05, 0.1) is 28.2 Å². The summed E-state index contributed by atoms with van der Waals surface area (Å²) in [6.45, 7) is 4.24. The fraction of sp³-hybridized carbons (Fsp3) is 0.192. The molecule has 0 saturated heterocycles. The van der Waals surface area contributed by atoms with Crippen molar-refractivity contribution in [2.75, 3.05) is 6.61 Å². The first kappa shape index (κ1) is 25.1. The van der Waals surface area contributed by atoms with Crippen LogP contribution in [0.2, 0.25) is 0 Å². The van der Waals surface area contributed by atoms with E-state index in [2.05, 4.69) is 41.9 Å². The Hall–Kier alpha value is -3.04. The van der Waals surface area contributed by atoms with E-state index in [4.69, 9.17) is 9.47 Å². The van der Waals surface area contributed by atoms with Crippen LogP contribution in [0.4, 0.5) is 4.39 Å². The van der Waals surface area contributed by atoms with Gasteiger partial charge in [-0.15, -0.1) is 0 Å². The van der Waals surface area contributed by atoms with Crippen LogP contribution < -0.4 is 15.0 Å². The van der Waals surface area contributed by atoms with Crippen molar-refractivity contribution in [1.82, 2.24) is 9.66 Å². The molecule has 1 aromatic heterocycles. The molecule has 0 N–H and O–H groups in total. The number of benzene rings is 3. The van der Waals surface area contributed by atoms with Crippen LogP contribution in [0, 0.1) is 5.82 Å². The van der Waals surface area contributed by atoms with E-state index >= 15 is 0 Å². The maximum atomic E-state index is 14.0. The zero-order chi connectivity index (χ0) is 24.9. The topological polar surface area (TPSA) is 65.7 Å². The summed E-state index contributed by atoms with van der Waals surface area (Å²) in [6, 6.07) is 15.4. The van der Waals surface area contributed by atoms with Crippen molar-refractivity contribution in [2.45, 2.75) is 26.9 Å². The molecule has 0 aliphatic rings. The molecule has 4 rings (SSSR count). The summed E-state index contributed by atoms with van der Waals surface area (Å²) in [5.41, 5.74) is 1.49. The van der Waals surface area contributed by atoms with Gasteiger partial charge in [-0.1, -0.05) is 41.1 Å². The van der Waals surface area contributed by atoms with E-state index in [9.17, 15) is 9.18 Å². The first-order valence-corrected chi connectivity index (χ1v) is 12.6. The van der Waals surface area contributed by atoms with Gasteiger partial charge in [0.15, 0.2) is 11.5 Å². The number of aromatic nitrogens is 2. The lowest BCUT2D eigenvalue weighted by Crippen LogP contribution is -2.22. The molecule has 35 heavy (non-hydrogen) atoms. The van der Waals surface area contributed by atoms with Gasteiger partial charge in [-0.05, 0) is 64.8 Å². The average Bonchev–Trinajstić information content (AvgIpc) is 2.84. The van der Waals surface area contributed by atoms with Crippen LogP contribution >= 0.6 is 31.9 Å². The minimum atomic E-state index is -0.335. The number of hydrogen-bond donors (Lipinski definition) is 0. The maximum absolute atomic E-state index is 14.0. The molecule has 0 radical (unpaired) electrons. The van der Waals surface area contributed by atoms with Gasteiger partial charge in [0, 0.05) is 16.5 Å². The van der Waals surface area contributed by atoms with Crippen molar-refractivity contribution in [3.8, 4) is 11.5 Å². The number of rotatable bonds is 8. The largest absolute Gasteiger partial charge is 0.490 e. The Labute approximate surface area is 218 Å². The van der Waals surface area contributed by atoms with Crippen LogP contribution in [0.3, 0.4) is 0 Å². The molecule has 6 nitrogen and oxygen atoms in total. The molecule has 0 unspecified atom stereocenters. The van der Waals surface area contributed by atoms with Crippen LogP contribution in [-0.2, 0) is 13.0 Å². The van der Waals surface area contributed by atoms with Crippen molar-refractivity contribution >= 4 is 49.0 Å². The summed E-state index contributed by atoms with van der Waals surface area (Å²) in [5, 5.41) is 4.91. The van der Waals surface area contributed by atoms with Crippen LogP contribution in [0.25, 0.3) is 10.9 Å². The Bertz CT molecular complexity index is 1470. The molecule has 1 heterocycles. The van der Waals surface area contributed by atoms with Gasteiger partial charge in [-0.25, -0.2) is 9.37 Å². The number of fused-ring (bicyclic) bond motifs is 1. The second kappa shape index (κ2) is 11.1. The van der Waals surface area contributed by atoms with E-state index in [0.29, 0.717) is 56.9 Å². The SMILES string of the molecule is CCOc1cc(C=Nn2c(CC)nc3ccc(Br)cc3c2=O)cc(Br)c1OCc1ccccc1F. The normalized spacial score (nSPS) is 11.3. The molecule has 0 amide bonds. The standard InChI is InChI=1S/C26H22Br2FN3O3/c1-3-24-31-22-10-9-18(27)13-19(22)26(33)32(24)30-14-16-11-20(28)25(23(12-16)34-4-2)35-15-17-7-5-6-8-21(17)29/h5-14H,3-4,15H2,1-2H3. The quantitative estimate of drug-likeness (QED) is 0.216. The smallest absolute Gasteiger partial charge is 0.282 e. The predicted molar refractivity (Wildman–Crippen MR) is 142 cm³/mol. The minimum absolute atomic E-state index is 0.0480. The van der Waals surface area contributed by atoms with Gasteiger partial charge < -0.3 is 9.47 Å². The van der Waals surface area contributed by atoms with Gasteiger partial charge in [0.1, 0.15) is 18.2 Å². The molecular weight excluding hydrogens is 581 g/mol. The van der Waals surface area contributed by atoms with Gasteiger partial charge in [0.25, 0.3) is 5.56 Å². The molecule has 0 aliphatic carbocycles. The predicted octanol–water partition coefficient (Wildman–Crippen LogP) is 6.48. The van der Waals surface area contributed by atoms with E-state index in [1.54, 1.807) is 48.7 Å². The fourth-order valence-electron chi connectivity index (χ4n) is 3.50. The molecule has 180 valence electrons. The highest BCUT2D eigenvalue weighted by Crippen LogP contribution is 2.37. The van der Waals surface area contributed by atoms with Crippen molar-refractivity contribution in [3.05, 3.63) is 96.7 Å². The third-order valence-corrected chi connectivity index (χ3v) is 6.26. The molecule has 0 fully saturated rings. The maximum Gasteiger partial charge on any atom is 0.282 e. The van der Waals surface area contributed by atoms with Gasteiger partial charge in [-0.3, -0.25) is 4.79 Å². The van der Waals surface area contributed by atoms with Crippen LogP contribution in [0.5, 0.6) is 11.5 Å². The first-order chi connectivity index (χ1) is 16.9. The summed E-state index contributed by atoms with van der Waals surface area (Å²) in [5.74, 6) is 1.15. The molecule has 0 bridgehead atoms. The van der Waals surface area contributed by atoms with E-state index in [1.165, 1.54) is 10.7 Å². The highest BCUT2D eigenvalue weighted by atomic mass is 79.9. The Morgan fingerprint density at radius 2 is 1.89 bits per heavy atom. The van der Waals surface area contributed by atoms with Gasteiger partial charge >= 0.3 is 0 Å². The number of nitrogens with zero attached hydrogens (tertiary/aromatic N) is 3.